The molecule has 0 saturated carbocycles. The highest BCUT2D eigenvalue weighted by atomic mass is 32.1. The van der Waals surface area contributed by atoms with E-state index in [4.69, 9.17) is 9.72 Å². The quantitative estimate of drug-likeness (QED) is 0.308. The zero-order valence-electron chi connectivity index (χ0n) is 22.3. The highest BCUT2D eigenvalue weighted by Gasteiger charge is 2.26. The number of fused-ring (bicyclic) bond motifs is 1. The fourth-order valence-corrected chi connectivity index (χ4v) is 5.69. The average Bonchev–Trinajstić information content (AvgIpc) is 3.41. The summed E-state index contributed by atoms with van der Waals surface area (Å²) in [5.41, 5.74) is 3.13. The fourth-order valence-electron chi connectivity index (χ4n) is 5.10. The standard InChI is InChI=1S/C30H33FN4O3S/c1-20-32-28(19-39-20)30(37)35(13-11-21-5-8-25(31)9-6-21)17-24-14-23-7-10-26(38-2)15-27(23)33-29(24)34-12-3-4-22(16-34)18-36/h5-10,14-15,19,22,36H,3-4,11-13,16-18H2,1-2H3. The second kappa shape index (κ2) is 12.1. The van der Waals surface area contributed by atoms with E-state index in [0.29, 0.717) is 31.7 Å². The molecule has 1 amide bonds. The Morgan fingerprint density at radius 3 is 2.74 bits per heavy atom. The van der Waals surface area contributed by atoms with Gasteiger partial charge in [-0.15, -0.1) is 11.3 Å². The van der Waals surface area contributed by atoms with Crippen LogP contribution in [-0.4, -0.2) is 59.2 Å². The molecule has 1 atom stereocenters. The first-order valence-electron chi connectivity index (χ1n) is 13.2. The SMILES string of the molecule is COc1ccc2cc(CN(CCc3ccc(F)cc3)C(=O)c3csc(C)n3)c(N3CCCC(CO)C3)nc2c1. The number of benzene rings is 2. The highest BCUT2D eigenvalue weighted by Crippen LogP contribution is 2.31. The smallest absolute Gasteiger partial charge is 0.273 e. The van der Waals surface area contributed by atoms with Gasteiger partial charge in [0.1, 0.15) is 23.1 Å². The van der Waals surface area contributed by atoms with Crippen molar-refractivity contribution in [3.8, 4) is 5.75 Å². The van der Waals surface area contributed by atoms with E-state index in [-0.39, 0.29) is 24.2 Å². The molecule has 5 rings (SSSR count). The summed E-state index contributed by atoms with van der Waals surface area (Å²) in [5, 5.41) is 13.5. The number of hydrogen-bond acceptors (Lipinski definition) is 7. The van der Waals surface area contributed by atoms with Crippen molar-refractivity contribution in [1.82, 2.24) is 14.9 Å². The number of hydrogen-bond donors (Lipinski definition) is 1. The lowest BCUT2D eigenvalue weighted by Crippen LogP contribution is -2.39. The Kier molecular flexibility index (Phi) is 8.38. The number of amides is 1. The monoisotopic (exact) mass is 548 g/mol. The van der Waals surface area contributed by atoms with Crippen molar-refractivity contribution >= 4 is 34.0 Å². The van der Waals surface area contributed by atoms with Crippen LogP contribution >= 0.6 is 11.3 Å². The van der Waals surface area contributed by atoms with Crippen LogP contribution in [0.5, 0.6) is 5.75 Å². The van der Waals surface area contributed by atoms with E-state index >= 15 is 0 Å². The number of ether oxygens (including phenoxy) is 1. The molecule has 1 fully saturated rings. The number of anilines is 1. The summed E-state index contributed by atoms with van der Waals surface area (Å²) in [6, 6.07) is 14.3. The Morgan fingerprint density at radius 2 is 2.03 bits per heavy atom. The van der Waals surface area contributed by atoms with E-state index in [1.54, 1.807) is 29.5 Å². The molecular weight excluding hydrogens is 515 g/mol. The molecule has 2 aromatic carbocycles. The van der Waals surface area contributed by atoms with Crippen molar-refractivity contribution in [3.63, 3.8) is 0 Å². The first kappa shape index (κ1) is 27.0. The lowest BCUT2D eigenvalue weighted by atomic mass is 9.98. The van der Waals surface area contributed by atoms with Gasteiger partial charge in [-0.3, -0.25) is 4.79 Å². The molecule has 3 heterocycles. The normalized spacial score (nSPS) is 15.5. The van der Waals surface area contributed by atoms with Gasteiger partial charge in [0.25, 0.3) is 5.91 Å². The molecule has 0 bridgehead atoms. The lowest BCUT2D eigenvalue weighted by molar-refractivity contribution is 0.0740. The van der Waals surface area contributed by atoms with Crippen LogP contribution < -0.4 is 9.64 Å². The summed E-state index contributed by atoms with van der Waals surface area (Å²) in [4.78, 5) is 27.3. The minimum atomic E-state index is -0.282. The molecule has 1 N–H and O–H groups in total. The summed E-state index contributed by atoms with van der Waals surface area (Å²) in [5.74, 6) is 1.31. The van der Waals surface area contributed by atoms with Crippen molar-refractivity contribution in [2.24, 2.45) is 5.92 Å². The highest BCUT2D eigenvalue weighted by molar-refractivity contribution is 7.09. The van der Waals surface area contributed by atoms with Crippen molar-refractivity contribution in [1.29, 1.82) is 0 Å². The van der Waals surface area contributed by atoms with Crippen LogP contribution in [0.2, 0.25) is 0 Å². The number of halogens is 1. The molecule has 1 aliphatic heterocycles. The third kappa shape index (κ3) is 6.37. The Labute approximate surface area is 231 Å². The minimum Gasteiger partial charge on any atom is -0.497 e. The number of aryl methyl sites for hydroxylation is 1. The molecule has 0 spiro atoms. The molecule has 2 aromatic heterocycles. The number of thiazole rings is 1. The van der Waals surface area contributed by atoms with Gasteiger partial charge in [0, 0.05) is 55.2 Å². The molecule has 9 heteroatoms. The Bertz CT molecular complexity index is 1440. The lowest BCUT2D eigenvalue weighted by Gasteiger charge is -2.35. The van der Waals surface area contributed by atoms with Crippen LogP contribution in [0.15, 0.2) is 53.9 Å². The van der Waals surface area contributed by atoms with Gasteiger partial charge >= 0.3 is 0 Å². The number of nitrogens with zero attached hydrogens (tertiary/aromatic N) is 4. The molecule has 0 aliphatic carbocycles. The maximum atomic E-state index is 13.7. The first-order chi connectivity index (χ1) is 18.9. The summed E-state index contributed by atoms with van der Waals surface area (Å²) < 4.78 is 18.9. The largest absolute Gasteiger partial charge is 0.497 e. The predicted octanol–water partition coefficient (Wildman–Crippen LogP) is 5.24. The van der Waals surface area contributed by atoms with E-state index in [0.717, 1.165) is 58.0 Å². The van der Waals surface area contributed by atoms with Crippen LogP contribution in [0.3, 0.4) is 0 Å². The minimum absolute atomic E-state index is 0.138. The maximum absolute atomic E-state index is 13.7. The number of carbonyl (C=O) groups is 1. The predicted molar refractivity (Wildman–Crippen MR) is 152 cm³/mol. The van der Waals surface area contributed by atoms with Crippen molar-refractivity contribution < 1.29 is 19.0 Å². The number of methoxy groups -OCH3 is 1. The van der Waals surface area contributed by atoms with Gasteiger partial charge in [-0.05, 0) is 68.0 Å². The van der Waals surface area contributed by atoms with Gasteiger partial charge in [-0.1, -0.05) is 12.1 Å². The van der Waals surface area contributed by atoms with Crippen LogP contribution in [0.1, 0.15) is 39.5 Å². The molecule has 204 valence electrons. The third-order valence-corrected chi connectivity index (χ3v) is 8.00. The topological polar surface area (TPSA) is 78.8 Å². The molecule has 7 nitrogen and oxygen atoms in total. The molecule has 0 radical (unpaired) electrons. The second-order valence-corrected chi connectivity index (χ2v) is 11.1. The number of aromatic nitrogens is 2. The van der Waals surface area contributed by atoms with E-state index in [1.165, 1.54) is 23.5 Å². The molecule has 39 heavy (non-hydrogen) atoms. The second-order valence-electron chi connectivity index (χ2n) is 10.0. The van der Waals surface area contributed by atoms with E-state index in [2.05, 4.69) is 16.0 Å². The Hall–Kier alpha value is -3.56. The fraction of sp³-hybridized carbons (Fsp3) is 0.367. The van der Waals surface area contributed by atoms with E-state index in [9.17, 15) is 14.3 Å². The van der Waals surface area contributed by atoms with E-state index < -0.39 is 0 Å². The number of carbonyl (C=O) groups excluding carboxylic acids is 1. The van der Waals surface area contributed by atoms with Gasteiger partial charge in [-0.25, -0.2) is 14.4 Å². The van der Waals surface area contributed by atoms with Crippen molar-refractivity contribution in [2.45, 2.75) is 32.7 Å². The summed E-state index contributed by atoms with van der Waals surface area (Å²) in [7, 11) is 1.64. The molecule has 1 saturated heterocycles. The van der Waals surface area contributed by atoms with Gasteiger partial charge in [0.15, 0.2) is 0 Å². The Morgan fingerprint density at radius 1 is 1.21 bits per heavy atom. The number of rotatable bonds is 9. The molecule has 1 unspecified atom stereocenters. The Balaban J connectivity index is 1.52. The summed E-state index contributed by atoms with van der Waals surface area (Å²) in [6.45, 7) is 4.36. The molecule has 4 aromatic rings. The summed E-state index contributed by atoms with van der Waals surface area (Å²) >= 11 is 1.45. The number of piperidine rings is 1. The number of aliphatic hydroxyl groups excluding tert-OH is 1. The maximum Gasteiger partial charge on any atom is 0.273 e. The number of pyridine rings is 1. The van der Waals surface area contributed by atoms with Gasteiger partial charge in [-0.2, -0.15) is 0 Å². The van der Waals surface area contributed by atoms with E-state index in [1.807, 2.05) is 25.1 Å². The zero-order valence-corrected chi connectivity index (χ0v) is 23.1. The van der Waals surface area contributed by atoms with Crippen molar-refractivity contribution in [3.05, 3.63) is 81.6 Å². The van der Waals surface area contributed by atoms with Crippen LogP contribution in [0.4, 0.5) is 10.2 Å². The van der Waals surface area contributed by atoms with Gasteiger partial charge in [0.05, 0.1) is 17.6 Å². The average molecular weight is 549 g/mol. The zero-order chi connectivity index (χ0) is 27.4. The molecular formula is C30H33FN4O3S. The molecule has 1 aliphatic rings. The van der Waals surface area contributed by atoms with Crippen LogP contribution in [0, 0.1) is 18.7 Å². The first-order valence-corrected chi connectivity index (χ1v) is 14.1. The third-order valence-electron chi connectivity index (χ3n) is 7.23. The number of aliphatic hydroxyl groups is 1. The van der Waals surface area contributed by atoms with Crippen molar-refractivity contribution in [2.75, 3.05) is 38.3 Å². The van der Waals surface area contributed by atoms with Crippen LogP contribution in [-0.2, 0) is 13.0 Å². The van der Waals surface area contributed by atoms with Crippen LogP contribution in [0.25, 0.3) is 10.9 Å². The van der Waals surface area contributed by atoms with Gasteiger partial charge < -0.3 is 19.6 Å². The summed E-state index contributed by atoms with van der Waals surface area (Å²) in [6.07, 6.45) is 2.53. The van der Waals surface area contributed by atoms with Gasteiger partial charge in [0.2, 0.25) is 0 Å².